The Balaban J connectivity index is 1.80. The maximum Gasteiger partial charge on any atom is 0.244 e. The van der Waals surface area contributed by atoms with Gasteiger partial charge in [0.05, 0.1) is 5.69 Å². The molecule has 124 valence electrons. The number of anilines is 2. The number of fused-ring (bicyclic) bond motifs is 1. The summed E-state index contributed by atoms with van der Waals surface area (Å²) in [5, 5.41) is 2.93. The van der Waals surface area contributed by atoms with E-state index in [1.165, 1.54) is 0 Å². The van der Waals surface area contributed by atoms with E-state index in [1.807, 2.05) is 56.3 Å². The van der Waals surface area contributed by atoms with Crippen molar-refractivity contribution in [3.8, 4) is 0 Å². The predicted molar refractivity (Wildman–Crippen MR) is 98.7 cm³/mol. The molecule has 0 fully saturated rings. The van der Waals surface area contributed by atoms with E-state index in [4.69, 9.17) is 0 Å². The molecule has 5 heteroatoms. The number of carbonyl (C=O) groups is 2. The number of amides is 2. The van der Waals surface area contributed by atoms with Crippen LogP contribution < -0.4 is 10.2 Å². The monoisotopic (exact) mass is 340 g/mol. The van der Waals surface area contributed by atoms with Crippen LogP contribution >= 0.6 is 11.8 Å². The molecule has 0 saturated carbocycles. The van der Waals surface area contributed by atoms with Gasteiger partial charge in [-0.3, -0.25) is 9.59 Å². The lowest BCUT2D eigenvalue weighted by Crippen LogP contribution is -2.38. The molecule has 3 rings (SSSR count). The van der Waals surface area contributed by atoms with Gasteiger partial charge in [-0.05, 0) is 43.2 Å². The number of carbonyl (C=O) groups excluding carboxylic acids is 2. The van der Waals surface area contributed by atoms with E-state index >= 15 is 0 Å². The molecule has 0 spiro atoms. The Hall–Kier alpha value is -2.27. The molecule has 4 nitrogen and oxygen atoms in total. The van der Waals surface area contributed by atoms with E-state index in [-0.39, 0.29) is 18.4 Å². The number of rotatable bonds is 3. The smallest absolute Gasteiger partial charge is 0.244 e. The number of para-hydroxylation sites is 1. The maximum absolute atomic E-state index is 12.5. The van der Waals surface area contributed by atoms with Crippen LogP contribution in [-0.4, -0.2) is 24.1 Å². The van der Waals surface area contributed by atoms with Crippen molar-refractivity contribution < 1.29 is 9.59 Å². The van der Waals surface area contributed by atoms with Crippen molar-refractivity contribution in [2.75, 3.05) is 22.5 Å². The van der Waals surface area contributed by atoms with Gasteiger partial charge in [-0.15, -0.1) is 11.8 Å². The van der Waals surface area contributed by atoms with Gasteiger partial charge in [0.2, 0.25) is 11.8 Å². The molecule has 24 heavy (non-hydrogen) atoms. The molecule has 2 amide bonds. The first-order valence-electron chi connectivity index (χ1n) is 7.94. The summed E-state index contributed by atoms with van der Waals surface area (Å²) in [6.07, 6.45) is 0.441. The Labute approximate surface area is 146 Å². The van der Waals surface area contributed by atoms with Gasteiger partial charge in [0.1, 0.15) is 6.54 Å². The van der Waals surface area contributed by atoms with Gasteiger partial charge in [0, 0.05) is 22.8 Å². The van der Waals surface area contributed by atoms with Crippen LogP contribution in [0.5, 0.6) is 0 Å². The fraction of sp³-hybridized carbons (Fsp3) is 0.263. The number of nitrogens with one attached hydrogen (secondary N) is 1. The zero-order valence-electron chi connectivity index (χ0n) is 13.8. The topological polar surface area (TPSA) is 49.4 Å². The van der Waals surface area contributed by atoms with E-state index in [0.29, 0.717) is 6.42 Å². The van der Waals surface area contributed by atoms with Crippen molar-refractivity contribution in [1.82, 2.24) is 0 Å². The number of aryl methyl sites for hydroxylation is 1. The Morgan fingerprint density at radius 2 is 1.96 bits per heavy atom. The van der Waals surface area contributed by atoms with Crippen molar-refractivity contribution in [3.05, 3.63) is 53.6 Å². The lowest BCUT2D eigenvalue weighted by Gasteiger charge is -2.22. The van der Waals surface area contributed by atoms with E-state index < -0.39 is 0 Å². The third-order valence-corrected chi connectivity index (χ3v) is 5.28. The Kier molecular flexibility index (Phi) is 4.90. The van der Waals surface area contributed by atoms with Crippen molar-refractivity contribution in [2.24, 2.45) is 0 Å². The highest BCUT2D eigenvalue weighted by Gasteiger charge is 2.24. The minimum Gasteiger partial charge on any atom is -0.324 e. The molecule has 1 aliphatic heterocycles. The molecule has 0 bridgehead atoms. The number of hydrogen-bond donors (Lipinski definition) is 1. The molecular weight excluding hydrogens is 320 g/mol. The van der Waals surface area contributed by atoms with Gasteiger partial charge in [0.25, 0.3) is 0 Å². The first kappa shape index (κ1) is 16.6. The summed E-state index contributed by atoms with van der Waals surface area (Å²) in [5.74, 6) is 0.549. The zero-order chi connectivity index (χ0) is 17.1. The van der Waals surface area contributed by atoms with Gasteiger partial charge < -0.3 is 10.2 Å². The van der Waals surface area contributed by atoms with Crippen LogP contribution in [0.3, 0.4) is 0 Å². The lowest BCUT2D eigenvalue weighted by molar-refractivity contribution is -0.121. The number of benzene rings is 2. The summed E-state index contributed by atoms with van der Waals surface area (Å²) >= 11 is 1.66. The SMILES string of the molecule is Cc1cccc(NC(=O)CN2C(=O)CCSc3ccccc32)c1C. The number of hydrogen-bond acceptors (Lipinski definition) is 3. The normalized spacial score (nSPS) is 14.1. The highest BCUT2D eigenvalue weighted by Crippen LogP contribution is 2.33. The summed E-state index contributed by atoms with van der Waals surface area (Å²) < 4.78 is 0. The average Bonchev–Trinajstić information content (AvgIpc) is 2.72. The van der Waals surface area contributed by atoms with Crippen LogP contribution in [0, 0.1) is 13.8 Å². The quantitative estimate of drug-likeness (QED) is 0.925. The van der Waals surface area contributed by atoms with Gasteiger partial charge >= 0.3 is 0 Å². The standard InChI is InChI=1S/C19H20N2O2S/c1-13-6-5-7-15(14(13)2)20-18(22)12-21-16-8-3-4-9-17(16)24-11-10-19(21)23/h3-9H,10-12H2,1-2H3,(H,20,22). The lowest BCUT2D eigenvalue weighted by atomic mass is 10.1. The minimum absolute atomic E-state index is 0.0106. The zero-order valence-corrected chi connectivity index (χ0v) is 14.7. The van der Waals surface area contributed by atoms with Crippen LogP contribution in [0.4, 0.5) is 11.4 Å². The third-order valence-electron chi connectivity index (χ3n) is 4.21. The highest BCUT2D eigenvalue weighted by molar-refractivity contribution is 7.99. The fourth-order valence-corrected chi connectivity index (χ4v) is 3.71. The molecular formula is C19H20N2O2S. The fourth-order valence-electron chi connectivity index (χ4n) is 2.71. The van der Waals surface area contributed by atoms with Crippen LogP contribution in [-0.2, 0) is 9.59 Å². The maximum atomic E-state index is 12.5. The first-order chi connectivity index (χ1) is 11.6. The minimum atomic E-state index is -0.182. The molecule has 2 aromatic rings. The van der Waals surface area contributed by atoms with Gasteiger partial charge in [-0.2, -0.15) is 0 Å². The Bertz CT molecular complexity index is 789. The predicted octanol–water partition coefficient (Wildman–Crippen LogP) is 3.77. The second-order valence-corrected chi connectivity index (χ2v) is 6.98. The van der Waals surface area contributed by atoms with Crippen LogP contribution in [0.15, 0.2) is 47.4 Å². The van der Waals surface area contributed by atoms with Crippen molar-refractivity contribution in [2.45, 2.75) is 25.2 Å². The molecule has 0 aliphatic carbocycles. The van der Waals surface area contributed by atoms with Crippen molar-refractivity contribution in [3.63, 3.8) is 0 Å². The van der Waals surface area contributed by atoms with E-state index in [9.17, 15) is 9.59 Å². The second-order valence-electron chi connectivity index (χ2n) is 5.84. The molecule has 2 aromatic carbocycles. The van der Waals surface area contributed by atoms with Crippen LogP contribution in [0.2, 0.25) is 0 Å². The summed E-state index contributed by atoms with van der Waals surface area (Å²) in [5.41, 5.74) is 3.79. The number of nitrogens with zero attached hydrogens (tertiary/aromatic N) is 1. The summed E-state index contributed by atoms with van der Waals surface area (Å²) in [6.45, 7) is 4.02. The van der Waals surface area contributed by atoms with Gasteiger partial charge in [0.15, 0.2) is 0 Å². The molecule has 1 N–H and O–H groups in total. The average molecular weight is 340 g/mol. The summed E-state index contributed by atoms with van der Waals surface area (Å²) in [6, 6.07) is 13.6. The van der Waals surface area contributed by atoms with Crippen LogP contribution in [0.1, 0.15) is 17.5 Å². The largest absolute Gasteiger partial charge is 0.324 e. The summed E-state index contributed by atoms with van der Waals surface area (Å²) in [4.78, 5) is 27.6. The van der Waals surface area contributed by atoms with E-state index in [2.05, 4.69) is 5.32 Å². The van der Waals surface area contributed by atoms with Gasteiger partial charge in [-0.25, -0.2) is 0 Å². The Morgan fingerprint density at radius 3 is 2.79 bits per heavy atom. The molecule has 0 atom stereocenters. The molecule has 1 heterocycles. The molecule has 1 aliphatic rings. The van der Waals surface area contributed by atoms with E-state index in [1.54, 1.807) is 16.7 Å². The van der Waals surface area contributed by atoms with Crippen molar-refractivity contribution in [1.29, 1.82) is 0 Å². The third kappa shape index (κ3) is 3.46. The number of thioether (sulfide) groups is 1. The highest BCUT2D eigenvalue weighted by atomic mass is 32.2. The first-order valence-corrected chi connectivity index (χ1v) is 8.93. The second kappa shape index (κ2) is 7.09. The van der Waals surface area contributed by atoms with Gasteiger partial charge in [-0.1, -0.05) is 24.3 Å². The molecule has 0 aromatic heterocycles. The molecule has 0 saturated heterocycles. The molecule has 0 radical (unpaired) electrons. The molecule has 0 unspecified atom stereocenters. The summed E-state index contributed by atoms with van der Waals surface area (Å²) in [7, 11) is 0. The van der Waals surface area contributed by atoms with E-state index in [0.717, 1.165) is 33.2 Å². The Morgan fingerprint density at radius 1 is 1.17 bits per heavy atom. The van der Waals surface area contributed by atoms with Crippen LogP contribution in [0.25, 0.3) is 0 Å². The van der Waals surface area contributed by atoms with Crippen molar-refractivity contribution >= 4 is 35.0 Å².